The number of hydrogen-bond donors (Lipinski definition) is 0. The summed E-state index contributed by atoms with van der Waals surface area (Å²) in [6, 6.07) is 0. The first-order valence-corrected chi connectivity index (χ1v) is 5.51. The predicted octanol–water partition coefficient (Wildman–Crippen LogP) is 3.97. The Bertz CT molecular complexity index is 271. The first-order chi connectivity index (χ1) is 6.61. The smallest absolute Gasteiger partial charge is 0.0264 e. The van der Waals surface area contributed by atoms with Gasteiger partial charge >= 0.3 is 0 Å². The van der Waals surface area contributed by atoms with Crippen molar-refractivity contribution < 1.29 is 0 Å². The predicted molar refractivity (Wildman–Crippen MR) is 63.6 cm³/mol. The fourth-order valence-corrected chi connectivity index (χ4v) is 1.81. The first kappa shape index (κ1) is 11.2. The highest BCUT2D eigenvalue weighted by atomic mass is 14.7. The molecule has 1 unspecified atom stereocenters. The van der Waals surface area contributed by atoms with Gasteiger partial charge in [-0.3, -0.25) is 4.99 Å². The van der Waals surface area contributed by atoms with Gasteiger partial charge in [-0.25, -0.2) is 0 Å². The van der Waals surface area contributed by atoms with Crippen LogP contribution in [0.5, 0.6) is 0 Å². The highest BCUT2D eigenvalue weighted by Gasteiger charge is 2.30. The molecule has 14 heavy (non-hydrogen) atoms. The van der Waals surface area contributed by atoms with Crippen molar-refractivity contribution in [3.8, 4) is 0 Å². The fourth-order valence-electron chi connectivity index (χ4n) is 1.81. The zero-order chi connectivity index (χ0) is 10.6. The van der Waals surface area contributed by atoms with E-state index in [0.717, 1.165) is 0 Å². The zero-order valence-corrected chi connectivity index (χ0v) is 9.75. The average molecular weight is 191 g/mol. The number of nitrogens with zero attached hydrogens (tertiary/aromatic N) is 1. The van der Waals surface area contributed by atoms with Crippen LogP contribution >= 0.6 is 0 Å². The topological polar surface area (TPSA) is 12.4 Å². The molecule has 78 valence electrons. The van der Waals surface area contributed by atoms with Gasteiger partial charge in [0.1, 0.15) is 0 Å². The molecule has 0 aromatic rings. The van der Waals surface area contributed by atoms with Crippen molar-refractivity contribution in [1.82, 2.24) is 0 Å². The highest BCUT2D eigenvalue weighted by molar-refractivity contribution is 5.72. The van der Waals surface area contributed by atoms with Crippen LogP contribution in [-0.4, -0.2) is 6.21 Å². The fraction of sp³-hybridized carbons (Fsp3) is 0.615. The average Bonchev–Trinajstić information content (AvgIpc) is 2.31. The van der Waals surface area contributed by atoms with Crippen molar-refractivity contribution in [2.45, 2.75) is 40.5 Å². The van der Waals surface area contributed by atoms with E-state index < -0.39 is 0 Å². The van der Waals surface area contributed by atoms with Crippen LogP contribution in [0.2, 0.25) is 0 Å². The molecule has 0 aromatic heterocycles. The van der Waals surface area contributed by atoms with Gasteiger partial charge in [0.25, 0.3) is 0 Å². The highest BCUT2D eigenvalue weighted by Crippen LogP contribution is 2.36. The lowest BCUT2D eigenvalue weighted by Crippen LogP contribution is -2.27. The molecule has 1 rings (SSSR count). The Balaban J connectivity index is 3.00. The van der Waals surface area contributed by atoms with E-state index in [-0.39, 0.29) is 5.41 Å². The van der Waals surface area contributed by atoms with Crippen molar-refractivity contribution in [3.63, 3.8) is 0 Å². The van der Waals surface area contributed by atoms with E-state index in [9.17, 15) is 0 Å². The molecule has 0 spiro atoms. The molecule has 1 heterocycles. The Hall–Kier alpha value is -0.850. The summed E-state index contributed by atoms with van der Waals surface area (Å²) in [5.74, 6) is 0.601. The zero-order valence-electron chi connectivity index (χ0n) is 9.75. The summed E-state index contributed by atoms with van der Waals surface area (Å²) in [7, 11) is 0. The number of aliphatic imine (C=N–C) groups is 1. The molecule has 1 atom stereocenters. The van der Waals surface area contributed by atoms with Crippen LogP contribution in [-0.2, 0) is 0 Å². The Morgan fingerprint density at radius 1 is 1.43 bits per heavy atom. The second-order valence-electron chi connectivity index (χ2n) is 4.50. The van der Waals surface area contributed by atoms with E-state index in [4.69, 9.17) is 0 Å². The van der Waals surface area contributed by atoms with Crippen LogP contribution in [0.15, 0.2) is 28.9 Å². The van der Waals surface area contributed by atoms with E-state index in [0.29, 0.717) is 5.92 Å². The summed E-state index contributed by atoms with van der Waals surface area (Å²) in [5.41, 5.74) is 1.65. The SMILES string of the molecule is CCCC1=CC=CN=CC1(C)C(C)C. The molecule has 0 radical (unpaired) electrons. The summed E-state index contributed by atoms with van der Waals surface area (Å²) < 4.78 is 0. The van der Waals surface area contributed by atoms with Gasteiger partial charge in [0.05, 0.1) is 0 Å². The molecule has 0 fully saturated rings. The molecule has 1 nitrogen and oxygen atoms in total. The summed E-state index contributed by atoms with van der Waals surface area (Å²) in [6.07, 6.45) is 10.6. The summed E-state index contributed by atoms with van der Waals surface area (Å²) >= 11 is 0. The second-order valence-corrected chi connectivity index (χ2v) is 4.50. The van der Waals surface area contributed by atoms with Gasteiger partial charge in [-0.05, 0) is 18.4 Å². The maximum absolute atomic E-state index is 4.32. The number of rotatable bonds is 3. The van der Waals surface area contributed by atoms with Crippen molar-refractivity contribution in [1.29, 1.82) is 0 Å². The molecule has 0 aromatic carbocycles. The summed E-state index contributed by atoms with van der Waals surface area (Å²) in [4.78, 5) is 4.32. The summed E-state index contributed by atoms with van der Waals surface area (Å²) in [6.45, 7) is 9.05. The van der Waals surface area contributed by atoms with E-state index in [1.54, 1.807) is 0 Å². The molecule has 0 saturated carbocycles. The van der Waals surface area contributed by atoms with Gasteiger partial charge in [-0.2, -0.15) is 0 Å². The monoisotopic (exact) mass is 191 g/mol. The Kier molecular flexibility index (Phi) is 3.68. The van der Waals surface area contributed by atoms with E-state index in [1.807, 2.05) is 6.20 Å². The molecule has 0 N–H and O–H groups in total. The lowest BCUT2D eigenvalue weighted by molar-refractivity contribution is 0.387. The minimum Gasteiger partial charge on any atom is -0.268 e. The quantitative estimate of drug-likeness (QED) is 0.640. The van der Waals surface area contributed by atoms with Crippen LogP contribution in [0.4, 0.5) is 0 Å². The second kappa shape index (κ2) is 4.59. The van der Waals surface area contributed by atoms with Gasteiger partial charge in [0.15, 0.2) is 0 Å². The largest absolute Gasteiger partial charge is 0.268 e. The van der Waals surface area contributed by atoms with Crippen LogP contribution in [0, 0.1) is 11.3 Å². The van der Waals surface area contributed by atoms with Gasteiger partial charge in [0, 0.05) is 17.8 Å². The van der Waals surface area contributed by atoms with Crippen LogP contribution in [0.3, 0.4) is 0 Å². The van der Waals surface area contributed by atoms with Gasteiger partial charge in [0.2, 0.25) is 0 Å². The van der Waals surface area contributed by atoms with Gasteiger partial charge in [-0.1, -0.05) is 45.8 Å². The van der Waals surface area contributed by atoms with Crippen LogP contribution in [0.25, 0.3) is 0 Å². The van der Waals surface area contributed by atoms with Crippen LogP contribution in [0.1, 0.15) is 40.5 Å². The maximum atomic E-state index is 4.32. The molecule has 1 aliphatic heterocycles. The lowest BCUT2D eigenvalue weighted by atomic mass is 9.72. The maximum Gasteiger partial charge on any atom is 0.0264 e. The normalized spacial score (nSPS) is 26.5. The third-order valence-electron chi connectivity index (χ3n) is 3.22. The lowest BCUT2D eigenvalue weighted by Gasteiger charge is -2.32. The van der Waals surface area contributed by atoms with Crippen molar-refractivity contribution in [2.24, 2.45) is 16.3 Å². The van der Waals surface area contributed by atoms with Crippen molar-refractivity contribution in [2.75, 3.05) is 0 Å². The Labute approximate surface area is 87.6 Å². The third-order valence-corrected chi connectivity index (χ3v) is 3.22. The van der Waals surface area contributed by atoms with E-state index in [1.165, 1.54) is 18.4 Å². The van der Waals surface area contributed by atoms with Gasteiger partial charge < -0.3 is 0 Å². The van der Waals surface area contributed by atoms with Crippen LogP contribution < -0.4 is 0 Å². The molecule has 0 amide bonds. The molecule has 0 bridgehead atoms. The number of hydrogen-bond acceptors (Lipinski definition) is 1. The minimum atomic E-state index is 0.138. The van der Waals surface area contributed by atoms with Gasteiger partial charge in [-0.15, -0.1) is 0 Å². The first-order valence-electron chi connectivity index (χ1n) is 5.51. The Morgan fingerprint density at radius 2 is 2.14 bits per heavy atom. The molecule has 1 aliphatic rings. The van der Waals surface area contributed by atoms with E-state index in [2.05, 4.69) is 51.1 Å². The third kappa shape index (κ3) is 2.14. The molecule has 0 saturated heterocycles. The Morgan fingerprint density at radius 3 is 2.71 bits per heavy atom. The van der Waals surface area contributed by atoms with Crippen molar-refractivity contribution >= 4 is 6.21 Å². The molecular weight excluding hydrogens is 170 g/mol. The molecule has 0 aliphatic carbocycles. The minimum absolute atomic E-state index is 0.138. The molecular formula is C13H21N. The summed E-state index contributed by atoms with van der Waals surface area (Å²) in [5, 5.41) is 0. The van der Waals surface area contributed by atoms with E-state index >= 15 is 0 Å². The van der Waals surface area contributed by atoms with Crippen molar-refractivity contribution in [3.05, 3.63) is 23.9 Å². The number of allylic oxidation sites excluding steroid dienone is 3. The molecule has 1 heteroatoms. The standard InChI is InChI=1S/C13H21N/c1-5-7-12-8-6-9-14-10-13(12,4)11(2)3/h6,8-11H,5,7H2,1-4H3.